The van der Waals surface area contributed by atoms with Crippen LogP contribution in [0.2, 0.25) is 0 Å². The molecular weight excluding hydrogens is 366 g/mol. The summed E-state index contributed by atoms with van der Waals surface area (Å²) in [6, 6.07) is 6.44. The Kier molecular flexibility index (Phi) is 5.86. The van der Waals surface area contributed by atoms with Crippen molar-refractivity contribution < 1.29 is 18.0 Å². The molecule has 27 heavy (non-hydrogen) atoms. The number of amides is 2. The molecule has 8 heteroatoms. The number of carbonyl (C=O) groups is 2. The molecule has 2 fully saturated rings. The predicted molar refractivity (Wildman–Crippen MR) is 104 cm³/mol. The van der Waals surface area contributed by atoms with Gasteiger partial charge >= 0.3 is 0 Å². The van der Waals surface area contributed by atoms with E-state index < -0.39 is 9.84 Å². The van der Waals surface area contributed by atoms with Gasteiger partial charge in [-0.3, -0.25) is 9.59 Å². The van der Waals surface area contributed by atoms with Crippen molar-refractivity contribution in [2.24, 2.45) is 0 Å². The predicted octanol–water partition coefficient (Wildman–Crippen LogP) is 0.723. The zero-order valence-corrected chi connectivity index (χ0v) is 16.7. The molecule has 1 aromatic rings. The zero-order valence-electron chi connectivity index (χ0n) is 15.9. The van der Waals surface area contributed by atoms with E-state index in [0.717, 1.165) is 13.1 Å². The molecule has 2 aliphatic heterocycles. The van der Waals surface area contributed by atoms with Crippen LogP contribution in [0.5, 0.6) is 0 Å². The molecule has 1 aromatic carbocycles. The molecule has 2 heterocycles. The quantitative estimate of drug-likeness (QED) is 0.753. The van der Waals surface area contributed by atoms with Crippen LogP contribution in [0.15, 0.2) is 24.3 Å². The second-order valence-electron chi connectivity index (χ2n) is 7.32. The lowest BCUT2D eigenvalue weighted by Crippen LogP contribution is -2.47. The number of likely N-dealkylation sites (N-methyl/N-ethyl adjacent to an activating group) is 1. The SMILES string of the molecule is CCN(C(=O)c1ccc(C(=O)N2CCN(C)CC2)cc1)C1CCS(=O)(=O)C1. The molecule has 2 aliphatic rings. The Labute approximate surface area is 160 Å². The minimum atomic E-state index is -3.05. The van der Waals surface area contributed by atoms with Crippen LogP contribution in [-0.2, 0) is 9.84 Å². The van der Waals surface area contributed by atoms with Crippen molar-refractivity contribution in [3.63, 3.8) is 0 Å². The number of rotatable bonds is 4. The van der Waals surface area contributed by atoms with E-state index in [1.807, 2.05) is 18.9 Å². The molecular formula is C19H27N3O4S. The van der Waals surface area contributed by atoms with E-state index in [4.69, 9.17) is 0 Å². The molecule has 0 aliphatic carbocycles. The van der Waals surface area contributed by atoms with E-state index in [1.54, 1.807) is 29.2 Å². The third-order valence-electron chi connectivity index (χ3n) is 5.42. The summed E-state index contributed by atoms with van der Waals surface area (Å²) in [4.78, 5) is 31.1. The normalized spacial score (nSPS) is 22.6. The second-order valence-corrected chi connectivity index (χ2v) is 9.55. The summed E-state index contributed by atoms with van der Waals surface area (Å²) in [6.07, 6.45) is 0.488. The number of hydrogen-bond donors (Lipinski definition) is 0. The molecule has 0 radical (unpaired) electrons. The maximum absolute atomic E-state index is 12.8. The lowest BCUT2D eigenvalue weighted by atomic mass is 10.1. The van der Waals surface area contributed by atoms with E-state index in [1.165, 1.54) is 0 Å². The van der Waals surface area contributed by atoms with Gasteiger partial charge in [-0.15, -0.1) is 0 Å². The number of piperazine rings is 1. The number of carbonyl (C=O) groups excluding carboxylic acids is 2. The van der Waals surface area contributed by atoms with Crippen LogP contribution in [0, 0.1) is 0 Å². The molecule has 148 valence electrons. The van der Waals surface area contributed by atoms with Crippen LogP contribution in [0.3, 0.4) is 0 Å². The van der Waals surface area contributed by atoms with Crippen LogP contribution in [-0.4, -0.2) is 92.3 Å². The number of benzene rings is 1. The van der Waals surface area contributed by atoms with Gasteiger partial charge in [-0.25, -0.2) is 8.42 Å². The first-order valence-corrected chi connectivity index (χ1v) is 11.2. The van der Waals surface area contributed by atoms with Gasteiger partial charge in [0.1, 0.15) is 0 Å². The van der Waals surface area contributed by atoms with Crippen LogP contribution in [0.1, 0.15) is 34.1 Å². The Bertz CT molecular complexity index is 799. The van der Waals surface area contributed by atoms with Crippen LogP contribution >= 0.6 is 0 Å². The molecule has 0 spiro atoms. The van der Waals surface area contributed by atoms with Gasteiger partial charge in [-0.2, -0.15) is 0 Å². The maximum Gasteiger partial charge on any atom is 0.254 e. The number of sulfone groups is 1. The van der Waals surface area contributed by atoms with Crippen molar-refractivity contribution in [3.05, 3.63) is 35.4 Å². The Morgan fingerprint density at radius 3 is 2.19 bits per heavy atom. The van der Waals surface area contributed by atoms with Crippen molar-refractivity contribution in [3.8, 4) is 0 Å². The summed E-state index contributed by atoms with van der Waals surface area (Å²) in [5.41, 5.74) is 1.05. The van der Waals surface area contributed by atoms with E-state index >= 15 is 0 Å². The third-order valence-corrected chi connectivity index (χ3v) is 7.17. The average molecular weight is 394 g/mol. The Hall–Kier alpha value is -1.93. The Morgan fingerprint density at radius 2 is 1.67 bits per heavy atom. The van der Waals surface area contributed by atoms with Crippen LogP contribution in [0.4, 0.5) is 0 Å². The topological polar surface area (TPSA) is 78.0 Å². The molecule has 0 bridgehead atoms. The largest absolute Gasteiger partial charge is 0.336 e. The van der Waals surface area contributed by atoms with Crippen molar-refractivity contribution in [2.75, 3.05) is 51.3 Å². The monoisotopic (exact) mass is 393 g/mol. The Balaban J connectivity index is 1.68. The molecule has 1 atom stereocenters. The first-order valence-electron chi connectivity index (χ1n) is 9.40. The molecule has 0 N–H and O–H groups in total. The fraction of sp³-hybridized carbons (Fsp3) is 0.579. The van der Waals surface area contributed by atoms with E-state index in [2.05, 4.69) is 4.90 Å². The fourth-order valence-electron chi connectivity index (χ4n) is 3.70. The van der Waals surface area contributed by atoms with Gasteiger partial charge < -0.3 is 14.7 Å². The number of hydrogen-bond acceptors (Lipinski definition) is 5. The van der Waals surface area contributed by atoms with Gasteiger partial charge in [-0.05, 0) is 44.7 Å². The minimum absolute atomic E-state index is 0.0173. The summed E-state index contributed by atoms with van der Waals surface area (Å²) in [6.45, 7) is 5.44. The van der Waals surface area contributed by atoms with Crippen molar-refractivity contribution in [2.45, 2.75) is 19.4 Å². The minimum Gasteiger partial charge on any atom is -0.336 e. The van der Waals surface area contributed by atoms with Gasteiger partial charge in [0.15, 0.2) is 9.84 Å². The summed E-state index contributed by atoms with van der Waals surface area (Å²) in [5, 5.41) is 0. The van der Waals surface area contributed by atoms with Crippen molar-refractivity contribution in [1.82, 2.24) is 14.7 Å². The van der Waals surface area contributed by atoms with Crippen LogP contribution in [0.25, 0.3) is 0 Å². The molecule has 0 saturated carbocycles. The number of nitrogens with zero attached hydrogens (tertiary/aromatic N) is 3. The van der Waals surface area contributed by atoms with Gasteiger partial charge in [-0.1, -0.05) is 0 Å². The highest BCUT2D eigenvalue weighted by molar-refractivity contribution is 7.91. The maximum atomic E-state index is 12.8. The van der Waals surface area contributed by atoms with Gasteiger partial charge in [0.05, 0.1) is 11.5 Å². The van der Waals surface area contributed by atoms with E-state index in [9.17, 15) is 18.0 Å². The first-order chi connectivity index (χ1) is 12.8. The van der Waals surface area contributed by atoms with Gasteiger partial charge in [0.2, 0.25) is 0 Å². The first kappa shape index (κ1) is 19.8. The second kappa shape index (κ2) is 7.98. The highest BCUT2D eigenvalue weighted by Crippen LogP contribution is 2.20. The summed E-state index contributed by atoms with van der Waals surface area (Å²) >= 11 is 0. The average Bonchev–Trinajstić information content (AvgIpc) is 3.02. The van der Waals surface area contributed by atoms with Crippen LogP contribution < -0.4 is 0 Å². The summed E-state index contributed by atoms with van der Waals surface area (Å²) < 4.78 is 23.5. The smallest absolute Gasteiger partial charge is 0.254 e. The Morgan fingerprint density at radius 1 is 1.07 bits per heavy atom. The molecule has 7 nitrogen and oxygen atoms in total. The van der Waals surface area contributed by atoms with Crippen molar-refractivity contribution in [1.29, 1.82) is 0 Å². The molecule has 1 unspecified atom stereocenters. The third kappa shape index (κ3) is 4.50. The summed E-state index contributed by atoms with van der Waals surface area (Å²) in [5.74, 6) is -0.0264. The molecule has 3 rings (SSSR count). The summed E-state index contributed by atoms with van der Waals surface area (Å²) in [7, 11) is -1.01. The standard InChI is InChI=1S/C19H27N3O4S/c1-3-22(17-8-13-27(25,26)14-17)19(24)16-6-4-15(5-7-16)18(23)21-11-9-20(2)10-12-21/h4-7,17H,3,8-14H2,1-2H3. The highest BCUT2D eigenvalue weighted by atomic mass is 32.2. The van der Waals surface area contributed by atoms with Gasteiger partial charge in [0.25, 0.3) is 11.8 Å². The molecule has 0 aromatic heterocycles. The highest BCUT2D eigenvalue weighted by Gasteiger charge is 2.34. The molecule has 2 saturated heterocycles. The molecule has 2 amide bonds. The van der Waals surface area contributed by atoms with E-state index in [-0.39, 0.29) is 29.4 Å². The lowest BCUT2D eigenvalue weighted by molar-refractivity contribution is 0.0661. The fourth-order valence-corrected chi connectivity index (χ4v) is 5.43. The van der Waals surface area contributed by atoms with E-state index in [0.29, 0.717) is 37.2 Å². The zero-order chi connectivity index (χ0) is 19.6. The lowest BCUT2D eigenvalue weighted by Gasteiger charge is -2.32. The van der Waals surface area contributed by atoms with Gasteiger partial charge in [0, 0.05) is 49.9 Å². The van der Waals surface area contributed by atoms with Crippen molar-refractivity contribution >= 4 is 21.7 Å².